The quantitative estimate of drug-likeness (QED) is 0.925. The minimum absolute atomic E-state index is 0.143. The van der Waals surface area contributed by atoms with Crippen molar-refractivity contribution in [3.8, 4) is 0 Å². The summed E-state index contributed by atoms with van der Waals surface area (Å²) in [4.78, 5) is 21.4. The summed E-state index contributed by atoms with van der Waals surface area (Å²) in [7, 11) is 0. The van der Waals surface area contributed by atoms with Crippen molar-refractivity contribution in [2.45, 2.75) is 33.6 Å². The Labute approximate surface area is 109 Å². The van der Waals surface area contributed by atoms with E-state index in [0.717, 1.165) is 10.6 Å². The highest BCUT2D eigenvalue weighted by atomic mass is 32.1. The maximum absolute atomic E-state index is 12.0. The van der Waals surface area contributed by atoms with Gasteiger partial charge in [0.25, 0.3) is 5.91 Å². The third-order valence-electron chi connectivity index (χ3n) is 2.60. The third-order valence-corrected chi connectivity index (χ3v) is 3.59. The Morgan fingerprint density at radius 3 is 2.72 bits per heavy atom. The van der Waals surface area contributed by atoms with E-state index < -0.39 is 0 Å². The molecule has 0 radical (unpaired) electrons. The fourth-order valence-corrected chi connectivity index (χ4v) is 2.33. The van der Waals surface area contributed by atoms with Crippen LogP contribution in [-0.4, -0.2) is 15.9 Å². The molecule has 0 aliphatic heterocycles. The van der Waals surface area contributed by atoms with Gasteiger partial charge in [0.05, 0.1) is 11.4 Å². The molecule has 96 valence electrons. The maximum Gasteiger partial charge on any atom is 0.295 e. The number of nitrogens with one attached hydrogen (secondary N) is 1. The Morgan fingerprint density at radius 1 is 1.44 bits per heavy atom. The second kappa shape index (κ2) is 4.89. The lowest BCUT2D eigenvalue weighted by Crippen LogP contribution is -2.13. The summed E-state index contributed by atoms with van der Waals surface area (Å²) in [6.07, 6.45) is 1.29. The van der Waals surface area contributed by atoms with Crippen molar-refractivity contribution in [2.75, 3.05) is 5.32 Å². The normalized spacial score (nSPS) is 10.9. The van der Waals surface area contributed by atoms with Crippen LogP contribution in [0.2, 0.25) is 0 Å². The van der Waals surface area contributed by atoms with Crippen molar-refractivity contribution in [1.82, 2.24) is 9.97 Å². The van der Waals surface area contributed by atoms with Crippen LogP contribution in [0.5, 0.6) is 0 Å². The number of aromatic nitrogens is 2. The molecule has 0 aliphatic carbocycles. The van der Waals surface area contributed by atoms with Crippen LogP contribution in [0, 0.1) is 13.8 Å². The summed E-state index contributed by atoms with van der Waals surface area (Å²) in [5.74, 6) is 0.102. The second-order valence-corrected chi connectivity index (χ2v) is 5.54. The Balaban J connectivity index is 2.19. The monoisotopic (exact) mass is 265 g/mol. The average molecular weight is 265 g/mol. The van der Waals surface area contributed by atoms with Gasteiger partial charge in [-0.05, 0) is 19.8 Å². The van der Waals surface area contributed by atoms with Gasteiger partial charge in [0, 0.05) is 4.88 Å². The molecule has 1 amide bonds. The van der Waals surface area contributed by atoms with Gasteiger partial charge in [0.1, 0.15) is 0 Å². The first-order valence-corrected chi connectivity index (χ1v) is 6.49. The van der Waals surface area contributed by atoms with Gasteiger partial charge in [-0.3, -0.25) is 10.1 Å². The van der Waals surface area contributed by atoms with Crippen molar-refractivity contribution in [3.05, 3.63) is 28.4 Å². The number of carbonyl (C=O) groups is 1. The molecule has 6 heteroatoms. The number of hydrogen-bond donors (Lipinski definition) is 1. The summed E-state index contributed by atoms with van der Waals surface area (Å²) >= 11 is 1.45. The van der Waals surface area contributed by atoms with Crippen LogP contribution < -0.4 is 5.32 Å². The van der Waals surface area contributed by atoms with Crippen LogP contribution in [0.4, 0.5) is 5.13 Å². The predicted octanol–water partition coefficient (Wildman–Crippen LogP) is 3.12. The van der Waals surface area contributed by atoms with E-state index in [1.54, 1.807) is 0 Å². The number of thiazole rings is 1. The second-order valence-electron chi connectivity index (χ2n) is 4.34. The topological polar surface area (TPSA) is 68.0 Å². The molecule has 0 unspecified atom stereocenters. The molecule has 2 aromatic rings. The van der Waals surface area contributed by atoms with Crippen LogP contribution in [0.25, 0.3) is 0 Å². The first-order valence-electron chi connectivity index (χ1n) is 5.67. The summed E-state index contributed by atoms with van der Waals surface area (Å²) in [6, 6.07) is 0. The van der Waals surface area contributed by atoms with Gasteiger partial charge in [0.15, 0.2) is 11.5 Å². The molecule has 2 aromatic heterocycles. The van der Waals surface area contributed by atoms with E-state index >= 15 is 0 Å². The Morgan fingerprint density at radius 2 is 2.17 bits per heavy atom. The number of hydrogen-bond acceptors (Lipinski definition) is 5. The summed E-state index contributed by atoms with van der Waals surface area (Å²) < 4.78 is 5.15. The minimum atomic E-state index is -0.301. The molecule has 0 saturated heterocycles. The van der Waals surface area contributed by atoms with E-state index in [2.05, 4.69) is 15.3 Å². The van der Waals surface area contributed by atoms with Gasteiger partial charge in [-0.25, -0.2) is 9.97 Å². The van der Waals surface area contributed by atoms with Crippen molar-refractivity contribution < 1.29 is 9.21 Å². The Hall–Kier alpha value is -1.69. The number of oxazole rings is 1. The zero-order chi connectivity index (χ0) is 13.3. The number of carbonyl (C=O) groups excluding carboxylic acids is 1. The fourth-order valence-electron chi connectivity index (χ4n) is 1.52. The van der Waals surface area contributed by atoms with Gasteiger partial charge < -0.3 is 4.42 Å². The Kier molecular flexibility index (Phi) is 3.47. The summed E-state index contributed by atoms with van der Waals surface area (Å²) in [6.45, 7) is 7.81. The third kappa shape index (κ3) is 2.43. The SMILES string of the molecule is Cc1nc(NC(=O)c2ocnc2C(C)C)sc1C. The van der Waals surface area contributed by atoms with Crippen molar-refractivity contribution in [1.29, 1.82) is 0 Å². The molecule has 0 fully saturated rings. The van der Waals surface area contributed by atoms with Gasteiger partial charge in [-0.1, -0.05) is 13.8 Å². The highest BCUT2D eigenvalue weighted by Gasteiger charge is 2.20. The van der Waals surface area contributed by atoms with E-state index in [0.29, 0.717) is 10.8 Å². The number of nitrogens with zero attached hydrogens (tertiary/aromatic N) is 2. The van der Waals surface area contributed by atoms with Crippen molar-refractivity contribution >= 4 is 22.4 Å². The lowest BCUT2D eigenvalue weighted by atomic mass is 10.1. The number of rotatable bonds is 3. The molecule has 5 nitrogen and oxygen atoms in total. The van der Waals surface area contributed by atoms with Gasteiger partial charge in [-0.2, -0.15) is 0 Å². The van der Waals surface area contributed by atoms with E-state index in [1.807, 2.05) is 27.7 Å². The average Bonchev–Trinajstić information content (AvgIpc) is 2.86. The van der Waals surface area contributed by atoms with Crippen LogP contribution in [0.1, 0.15) is 46.6 Å². The molecule has 0 aromatic carbocycles. The minimum Gasteiger partial charge on any atom is -0.438 e. The van der Waals surface area contributed by atoms with E-state index in [9.17, 15) is 4.79 Å². The predicted molar refractivity (Wildman–Crippen MR) is 70.1 cm³/mol. The number of aryl methyl sites for hydroxylation is 2. The van der Waals surface area contributed by atoms with E-state index in [1.165, 1.54) is 17.7 Å². The van der Waals surface area contributed by atoms with Crippen LogP contribution in [0.3, 0.4) is 0 Å². The lowest BCUT2D eigenvalue weighted by Gasteiger charge is -2.03. The molecule has 1 N–H and O–H groups in total. The van der Waals surface area contributed by atoms with Crippen molar-refractivity contribution in [2.24, 2.45) is 0 Å². The first-order chi connectivity index (χ1) is 8.49. The molecule has 0 atom stereocenters. The zero-order valence-corrected chi connectivity index (χ0v) is 11.6. The number of amides is 1. The van der Waals surface area contributed by atoms with Gasteiger partial charge >= 0.3 is 0 Å². The largest absolute Gasteiger partial charge is 0.438 e. The smallest absolute Gasteiger partial charge is 0.295 e. The molecule has 2 heterocycles. The zero-order valence-electron chi connectivity index (χ0n) is 10.8. The van der Waals surface area contributed by atoms with Gasteiger partial charge in [0.2, 0.25) is 5.76 Å². The van der Waals surface area contributed by atoms with Crippen LogP contribution in [0.15, 0.2) is 10.8 Å². The maximum atomic E-state index is 12.0. The van der Waals surface area contributed by atoms with E-state index in [4.69, 9.17) is 4.42 Å². The Bertz CT molecular complexity index is 552. The highest BCUT2D eigenvalue weighted by molar-refractivity contribution is 7.15. The van der Waals surface area contributed by atoms with Crippen molar-refractivity contribution in [3.63, 3.8) is 0 Å². The summed E-state index contributed by atoms with van der Waals surface area (Å²) in [5, 5.41) is 3.32. The van der Waals surface area contributed by atoms with Gasteiger partial charge in [-0.15, -0.1) is 11.3 Å². The first kappa shape index (κ1) is 12.8. The molecular formula is C12H15N3O2S. The van der Waals surface area contributed by atoms with E-state index in [-0.39, 0.29) is 17.6 Å². The van der Waals surface area contributed by atoms with Crippen LogP contribution >= 0.6 is 11.3 Å². The lowest BCUT2D eigenvalue weighted by molar-refractivity contribution is 0.0995. The molecule has 0 bridgehead atoms. The molecule has 0 aliphatic rings. The fraction of sp³-hybridized carbons (Fsp3) is 0.417. The molecule has 18 heavy (non-hydrogen) atoms. The highest BCUT2D eigenvalue weighted by Crippen LogP contribution is 2.23. The summed E-state index contributed by atoms with van der Waals surface area (Å²) in [5.41, 5.74) is 1.59. The molecule has 2 rings (SSSR count). The number of anilines is 1. The van der Waals surface area contributed by atoms with Crippen LogP contribution in [-0.2, 0) is 0 Å². The molecule has 0 spiro atoms. The molecular weight excluding hydrogens is 250 g/mol. The molecule has 0 saturated carbocycles. The standard InChI is InChI=1S/C12H15N3O2S/c1-6(2)9-10(17-5-13-9)11(16)15-12-14-7(3)8(4)18-12/h5-6H,1-4H3,(H,14,15,16).